The highest BCUT2D eigenvalue weighted by molar-refractivity contribution is 5.79. The van der Waals surface area contributed by atoms with E-state index in [4.69, 9.17) is 15.2 Å². The van der Waals surface area contributed by atoms with Crippen LogP contribution < -0.4 is 5.73 Å². The van der Waals surface area contributed by atoms with E-state index >= 15 is 0 Å². The van der Waals surface area contributed by atoms with Gasteiger partial charge in [0.25, 0.3) is 0 Å². The minimum absolute atomic E-state index is 0.0380. The maximum absolute atomic E-state index is 13.0. The second kappa shape index (κ2) is 7.19. The molecule has 0 aromatic carbocycles. The maximum Gasteiger partial charge on any atom is 0.223 e. The first-order valence-corrected chi connectivity index (χ1v) is 9.66. The zero-order chi connectivity index (χ0) is 19.1. The van der Waals surface area contributed by atoms with Gasteiger partial charge < -0.3 is 25.0 Å². The van der Waals surface area contributed by atoms with Crippen molar-refractivity contribution in [2.24, 2.45) is 17.6 Å². The van der Waals surface area contributed by atoms with Gasteiger partial charge in [-0.15, -0.1) is 0 Å². The smallest absolute Gasteiger partial charge is 0.223 e. The number of piperidine rings is 1. The van der Waals surface area contributed by atoms with Gasteiger partial charge in [0.05, 0.1) is 26.9 Å². The predicted octanol–water partition coefficient (Wildman–Crippen LogP) is 1.55. The Kier molecular flexibility index (Phi) is 4.88. The van der Waals surface area contributed by atoms with Crippen molar-refractivity contribution in [3.8, 4) is 0 Å². The molecule has 27 heavy (non-hydrogen) atoms. The van der Waals surface area contributed by atoms with E-state index in [0.717, 1.165) is 24.5 Å². The number of ether oxygens (including phenoxy) is 2. The van der Waals surface area contributed by atoms with E-state index in [1.54, 1.807) is 14.2 Å². The summed E-state index contributed by atoms with van der Waals surface area (Å²) in [6.45, 7) is 1.69. The molecule has 2 fully saturated rings. The molecule has 0 aromatic rings. The van der Waals surface area contributed by atoms with Crippen molar-refractivity contribution >= 4 is 5.91 Å². The average molecular weight is 377 g/mol. The Bertz CT molecular complexity index is 717. The van der Waals surface area contributed by atoms with Gasteiger partial charge in [0.1, 0.15) is 0 Å². The van der Waals surface area contributed by atoms with Crippen LogP contribution in [0.3, 0.4) is 0 Å². The number of carbonyl (C=O) groups is 1. The minimum Gasteiger partial charge on any atom is -0.493 e. The van der Waals surface area contributed by atoms with Crippen LogP contribution in [0.4, 0.5) is 4.39 Å². The first-order chi connectivity index (χ1) is 13.0. The zero-order valence-electron chi connectivity index (χ0n) is 16.0. The number of rotatable bonds is 4. The fourth-order valence-corrected chi connectivity index (χ4v) is 4.88. The highest BCUT2D eigenvalue weighted by Crippen LogP contribution is 2.40. The quantitative estimate of drug-likeness (QED) is 0.805. The third-order valence-corrected chi connectivity index (χ3v) is 6.33. The topological polar surface area (TPSA) is 68.0 Å². The van der Waals surface area contributed by atoms with Crippen LogP contribution in [-0.4, -0.2) is 68.3 Å². The van der Waals surface area contributed by atoms with Crippen LogP contribution >= 0.6 is 0 Å². The highest BCUT2D eigenvalue weighted by Gasteiger charge is 2.43. The van der Waals surface area contributed by atoms with Crippen molar-refractivity contribution in [3.05, 3.63) is 34.9 Å². The number of halogens is 1. The first-order valence-electron chi connectivity index (χ1n) is 9.66. The number of hydrogen-bond acceptors (Lipinski definition) is 5. The Morgan fingerprint density at radius 3 is 2.67 bits per heavy atom. The van der Waals surface area contributed by atoms with Crippen molar-refractivity contribution in [3.63, 3.8) is 0 Å². The van der Waals surface area contributed by atoms with Gasteiger partial charge in [0.2, 0.25) is 5.91 Å². The summed E-state index contributed by atoms with van der Waals surface area (Å²) in [5, 5.41) is 0. The number of nitrogens with two attached hydrogens (primary N) is 1. The number of carbonyl (C=O) groups excluding carboxylic acids is 1. The normalized spacial score (nSPS) is 33.4. The molecule has 1 aliphatic carbocycles. The van der Waals surface area contributed by atoms with E-state index < -0.39 is 6.67 Å². The van der Waals surface area contributed by atoms with E-state index in [2.05, 4.69) is 17.1 Å². The van der Waals surface area contributed by atoms with Crippen molar-refractivity contribution < 1.29 is 18.7 Å². The van der Waals surface area contributed by atoms with Crippen LogP contribution in [0, 0.1) is 11.8 Å². The van der Waals surface area contributed by atoms with Crippen molar-refractivity contribution in [1.29, 1.82) is 0 Å². The summed E-state index contributed by atoms with van der Waals surface area (Å²) in [5.41, 5.74) is 9.00. The number of nitrogens with zero attached hydrogens (tertiary/aromatic N) is 2. The molecule has 1 amide bonds. The lowest BCUT2D eigenvalue weighted by molar-refractivity contribution is -0.130. The van der Waals surface area contributed by atoms with Gasteiger partial charge in [-0.1, -0.05) is 0 Å². The summed E-state index contributed by atoms with van der Waals surface area (Å²) >= 11 is 0. The minimum atomic E-state index is -0.441. The molecule has 4 aliphatic rings. The molecule has 4 atom stereocenters. The largest absolute Gasteiger partial charge is 0.493 e. The Hall–Kier alpha value is -2.02. The van der Waals surface area contributed by atoms with Gasteiger partial charge in [-0.05, 0) is 24.1 Å². The van der Waals surface area contributed by atoms with Crippen LogP contribution in [0.5, 0.6) is 0 Å². The summed E-state index contributed by atoms with van der Waals surface area (Å²) < 4.78 is 24.0. The number of allylic oxidation sites excluding steroid dienone is 3. The summed E-state index contributed by atoms with van der Waals surface area (Å²) in [6.07, 6.45) is 6.21. The first kappa shape index (κ1) is 18.3. The molecule has 2 saturated heterocycles. The fourth-order valence-electron chi connectivity index (χ4n) is 4.88. The highest BCUT2D eigenvalue weighted by atomic mass is 19.1. The molecule has 2 unspecified atom stereocenters. The summed E-state index contributed by atoms with van der Waals surface area (Å²) in [4.78, 5) is 16.5. The fraction of sp³-hybridized carbons (Fsp3) is 0.650. The Morgan fingerprint density at radius 1 is 1.22 bits per heavy atom. The standard InChI is InChI=1S/C20H28FN3O3/c1-26-18-6-13-3-4-23-11-17(24-10-12(9-21)5-20(24)25)15(22)8-16(23)14(13)7-19(18)27-2/h6-7,12-13,15,17H,3-5,8-11,22H2,1-2H3/t12?,13?,15-,17-/m0/s1. The molecular formula is C20H28FN3O3. The molecule has 6 nitrogen and oxygen atoms in total. The van der Waals surface area contributed by atoms with Crippen LogP contribution in [0.2, 0.25) is 0 Å². The van der Waals surface area contributed by atoms with E-state index in [9.17, 15) is 9.18 Å². The van der Waals surface area contributed by atoms with Crippen LogP contribution in [0.15, 0.2) is 34.9 Å². The molecule has 0 radical (unpaired) electrons. The van der Waals surface area contributed by atoms with Gasteiger partial charge >= 0.3 is 0 Å². The number of alkyl halides is 1. The lowest BCUT2D eigenvalue weighted by Gasteiger charge is -2.47. The molecule has 3 heterocycles. The Balaban J connectivity index is 1.59. The number of methoxy groups -OCH3 is 2. The lowest BCUT2D eigenvalue weighted by Crippen LogP contribution is -2.59. The zero-order valence-corrected chi connectivity index (χ0v) is 16.0. The van der Waals surface area contributed by atoms with E-state index in [1.165, 1.54) is 11.3 Å². The molecule has 3 aliphatic heterocycles. The molecule has 7 heteroatoms. The van der Waals surface area contributed by atoms with Gasteiger partial charge in [-0.25, -0.2) is 0 Å². The third kappa shape index (κ3) is 3.12. The monoisotopic (exact) mass is 377 g/mol. The molecule has 148 valence electrons. The summed E-state index contributed by atoms with van der Waals surface area (Å²) in [7, 11) is 3.30. The summed E-state index contributed by atoms with van der Waals surface area (Å²) in [5.74, 6) is 1.67. The third-order valence-electron chi connectivity index (χ3n) is 6.33. The second-order valence-corrected chi connectivity index (χ2v) is 7.90. The predicted molar refractivity (Wildman–Crippen MR) is 99.1 cm³/mol. The molecule has 2 N–H and O–H groups in total. The molecular weight excluding hydrogens is 349 g/mol. The molecule has 0 aromatic heterocycles. The van der Waals surface area contributed by atoms with Crippen molar-refractivity contribution in [2.45, 2.75) is 31.3 Å². The van der Waals surface area contributed by atoms with Gasteiger partial charge in [-0.3, -0.25) is 9.18 Å². The van der Waals surface area contributed by atoms with Gasteiger partial charge in [-0.2, -0.15) is 0 Å². The van der Waals surface area contributed by atoms with Gasteiger partial charge in [0.15, 0.2) is 11.5 Å². The van der Waals surface area contributed by atoms with Crippen LogP contribution in [0.25, 0.3) is 0 Å². The van der Waals surface area contributed by atoms with Gasteiger partial charge in [0, 0.05) is 56.1 Å². The Morgan fingerprint density at radius 2 is 2.00 bits per heavy atom. The number of amides is 1. The maximum atomic E-state index is 13.0. The van der Waals surface area contributed by atoms with Crippen molar-refractivity contribution in [2.75, 3.05) is 40.5 Å². The lowest BCUT2D eigenvalue weighted by atomic mass is 9.81. The molecule has 4 rings (SSSR count). The number of hydrogen-bond donors (Lipinski definition) is 1. The number of fused-ring (bicyclic) bond motifs is 2. The van der Waals surface area contributed by atoms with E-state index in [0.29, 0.717) is 31.8 Å². The number of likely N-dealkylation sites (tertiary alicyclic amines) is 1. The molecule has 0 bridgehead atoms. The SMILES string of the molecule is COC1=CC2=C3C[C@H](N)[C@@H](N4CC(CF)CC4=O)CN3CCC2C=C1OC. The molecule has 0 saturated carbocycles. The van der Waals surface area contributed by atoms with E-state index in [-0.39, 0.29) is 23.9 Å². The average Bonchev–Trinajstić information content (AvgIpc) is 3.06. The second-order valence-electron chi connectivity index (χ2n) is 7.90. The van der Waals surface area contributed by atoms with Crippen molar-refractivity contribution in [1.82, 2.24) is 9.80 Å². The summed E-state index contributed by atoms with van der Waals surface area (Å²) in [6, 6.07) is -0.188. The molecule has 0 spiro atoms. The van der Waals surface area contributed by atoms with Crippen LogP contribution in [0.1, 0.15) is 19.3 Å². The Labute approximate surface area is 159 Å². The van der Waals surface area contributed by atoms with Crippen LogP contribution in [-0.2, 0) is 14.3 Å². The van der Waals surface area contributed by atoms with E-state index in [1.807, 2.05) is 4.90 Å².